The van der Waals surface area contributed by atoms with Gasteiger partial charge in [-0.15, -0.1) is 0 Å². The highest BCUT2D eigenvalue weighted by Crippen LogP contribution is 2.17. The van der Waals surface area contributed by atoms with Crippen LogP contribution in [0.15, 0.2) is 4.63 Å². The zero-order chi connectivity index (χ0) is 13.1. The Morgan fingerprint density at radius 2 is 2.39 bits per heavy atom. The maximum atomic E-state index is 11.5. The molecule has 0 unspecified atom stereocenters. The van der Waals surface area contributed by atoms with E-state index in [1.165, 1.54) is 4.90 Å². The summed E-state index contributed by atoms with van der Waals surface area (Å²) in [7, 11) is 0. The summed E-state index contributed by atoms with van der Waals surface area (Å²) in [4.78, 5) is 23.7. The number of nitrogens with zero attached hydrogens (tertiary/aromatic N) is 3. The Morgan fingerprint density at radius 1 is 1.61 bits per heavy atom. The molecule has 1 aliphatic heterocycles. The summed E-state index contributed by atoms with van der Waals surface area (Å²) < 4.78 is 9.73. The first kappa shape index (κ1) is 12.3. The number of rotatable bonds is 5. The van der Waals surface area contributed by atoms with Gasteiger partial charge in [0.15, 0.2) is 0 Å². The normalized spacial score (nSPS) is 19.3. The van der Waals surface area contributed by atoms with Crippen LogP contribution in [0.2, 0.25) is 0 Å². The third-order valence-electron chi connectivity index (χ3n) is 2.77. The number of amides is 1. The van der Waals surface area contributed by atoms with E-state index in [2.05, 4.69) is 14.9 Å². The molecule has 8 heteroatoms. The SMILES string of the molecule is Cc1nonc1OCCN1C[C@H](C(=O)O)CC1=O. The Bertz CT molecular complexity index is 458. The quantitative estimate of drug-likeness (QED) is 0.769. The summed E-state index contributed by atoms with van der Waals surface area (Å²) >= 11 is 0. The summed E-state index contributed by atoms with van der Waals surface area (Å²) in [5, 5.41) is 15.9. The number of carboxylic acid groups (broad SMARTS) is 1. The Balaban J connectivity index is 1.79. The standard InChI is InChI=1S/C10H13N3O5/c1-6-9(12-18-11-6)17-3-2-13-5-7(10(15)16)4-8(13)14/h7H,2-5H2,1H3,(H,15,16)/t7-/m1/s1. The number of aryl methyl sites for hydroxylation is 1. The molecule has 2 rings (SSSR count). The van der Waals surface area contributed by atoms with E-state index in [1.54, 1.807) is 6.92 Å². The van der Waals surface area contributed by atoms with Crippen molar-refractivity contribution in [1.82, 2.24) is 15.2 Å². The zero-order valence-corrected chi connectivity index (χ0v) is 9.83. The fourth-order valence-corrected chi connectivity index (χ4v) is 1.76. The van der Waals surface area contributed by atoms with Gasteiger partial charge in [-0.05, 0) is 12.1 Å². The molecule has 1 saturated heterocycles. The van der Waals surface area contributed by atoms with Gasteiger partial charge in [0.1, 0.15) is 12.3 Å². The summed E-state index contributed by atoms with van der Waals surface area (Å²) in [6, 6.07) is 0. The molecule has 1 fully saturated rings. The smallest absolute Gasteiger partial charge is 0.308 e. The molecule has 8 nitrogen and oxygen atoms in total. The van der Waals surface area contributed by atoms with Gasteiger partial charge in [-0.25, -0.2) is 4.63 Å². The second-order valence-corrected chi connectivity index (χ2v) is 4.08. The number of carbonyl (C=O) groups is 2. The van der Waals surface area contributed by atoms with Crippen LogP contribution in [0.25, 0.3) is 0 Å². The van der Waals surface area contributed by atoms with Gasteiger partial charge in [-0.2, -0.15) is 0 Å². The first-order valence-electron chi connectivity index (χ1n) is 5.50. The van der Waals surface area contributed by atoms with Crippen LogP contribution in [0.5, 0.6) is 5.88 Å². The largest absolute Gasteiger partial charge is 0.481 e. The van der Waals surface area contributed by atoms with Gasteiger partial charge in [0.2, 0.25) is 5.91 Å². The average molecular weight is 255 g/mol. The van der Waals surface area contributed by atoms with Crippen LogP contribution in [0, 0.1) is 12.8 Å². The highest BCUT2D eigenvalue weighted by atomic mass is 16.6. The van der Waals surface area contributed by atoms with E-state index in [0.717, 1.165) is 0 Å². The minimum atomic E-state index is -0.941. The van der Waals surface area contributed by atoms with Crippen LogP contribution in [-0.2, 0) is 9.59 Å². The third kappa shape index (κ3) is 2.58. The monoisotopic (exact) mass is 255 g/mol. The molecule has 1 N–H and O–H groups in total. The third-order valence-corrected chi connectivity index (χ3v) is 2.77. The van der Waals surface area contributed by atoms with Gasteiger partial charge in [-0.1, -0.05) is 5.16 Å². The lowest BCUT2D eigenvalue weighted by molar-refractivity contribution is -0.141. The molecule has 2 heterocycles. The van der Waals surface area contributed by atoms with E-state index < -0.39 is 11.9 Å². The van der Waals surface area contributed by atoms with Crippen molar-refractivity contribution in [3.8, 4) is 5.88 Å². The molecule has 1 aromatic heterocycles. The fraction of sp³-hybridized carbons (Fsp3) is 0.600. The first-order chi connectivity index (χ1) is 8.58. The van der Waals surface area contributed by atoms with E-state index in [9.17, 15) is 9.59 Å². The summed E-state index contributed by atoms with van der Waals surface area (Å²) in [5.41, 5.74) is 0.533. The van der Waals surface area contributed by atoms with Crippen LogP contribution >= 0.6 is 0 Å². The van der Waals surface area contributed by atoms with Crippen LogP contribution in [0.1, 0.15) is 12.1 Å². The predicted molar refractivity (Wildman–Crippen MR) is 56.9 cm³/mol. The fourth-order valence-electron chi connectivity index (χ4n) is 1.76. The number of likely N-dealkylation sites (tertiary alicyclic amines) is 1. The first-order valence-corrected chi connectivity index (χ1v) is 5.50. The summed E-state index contributed by atoms with van der Waals surface area (Å²) in [5.74, 6) is -1.44. The molecule has 0 saturated carbocycles. The average Bonchev–Trinajstić information content (AvgIpc) is 2.87. The number of carboxylic acids is 1. The summed E-state index contributed by atoms with van der Waals surface area (Å²) in [6.45, 7) is 2.48. The Labute approximate surface area is 102 Å². The van der Waals surface area contributed by atoms with Gasteiger partial charge < -0.3 is 14.7 Å². The van der Waals surface area contributed by atoms with Crippen LogP contribution in [-0.4, -0.2) is 51.9 Å². The number of hydrogen-bond donors (Lipinski definition) is 1. The molecule has 0 bridgehead atoms. The number of ether oxygens (including phenoxy) is 1. The second-order valence-electron chi connectivity index (χ2n) is 4.08. The minimum absolute atomic E-state index is 0.0554. The van der Waals surface area contributed by atoms with E-state index >= 15 is 0 Å². The Morgan fingerprint density at radius 3 is 2.94 bits per heavy atom. The molecule has 18 heavy (non-hydrogen) atoms. The number of aliphatic carboxylic acids is 1. The maximum absolute atomic E-state index is 11.5. The topological polar surface area (TPSA) is 106 Å². The van der Waals surface area contributed by atoms with Crippen molar-refractivity contribution in [1.29, 1.82) is 0 Å². The lowest BCUT2D eigenvalue weighted by Crippen LogP contribution is -2.30. The maximum Gasteiger partial charge on any atom is 0.308 e. The van der Waals surface area contributed by atoms with Gasteiger partial charge in [0.25, 0.3) is 5.88 Å². The van der Waals surface area contributed by atoms with Crippen LogP contribution < -0.4 is 4.74 Å². The molecular formula is C10H13N3O5. The molecule has 0 aromatic carbocycles. The van der Waals surface area contributed by atoms with E-state index in [-0.39, 0.29) is 31.4 Å². The van der Waals surface area contributed by atoms with Crippen LogP contribution in [0.3, 0.4) is 0 Å². The predicted octanol–water partition coefficient (Wildman–Crippen LogP) is -0.310. The number of aromatic nitrogens is 2. The van der Waals surface area contributed by atoms with Gasteiger partial charge in [0, 0.05) is 13.0 Å². The molecule has 1 amide bonds. The van der Waals surface area contributed by atoms with Crippen molar-refractivity contribution in [3.63, 3.8) is 0 Å². The van der Waals surface area contributed by atoms with Gasteiger partial charge in [-0.3, -0.25) is 9.59 Å². The van der Waals surface area contributed by atoms with Gasteiger partial charge in [0.05, 0.1) is 12.5 Å². The van der Waals surface area contributed by atoms with Gasteiger partial charge >= 0.3 is 5.97 Å². The van der Waals surface area contributed by atoms with Crippen molar-refractivity contribution in [2.24, 2.45) is 5.92 Å². The molecule has 0 aliphatic carbocycles. The lowest BCUT2D eigenvalue weighted by atomic mass is 10.1. The van der Waals surface area contributed by atoms with Crippen molar-refractivity contribution in [2.45, 2.75) is 13.3 Å². The van der Waals surface area contributed by atoms with Crippen molar-refractivity contribution in [2.75, 3.05) is 19.7 Å². The highest BCUT2D eigenvalue weighted by Gasteiger charge is 2.33. The van der Waals surface area contributed by atoms with Crippen molar-refractivity contribution >= 4 is 11.9 Å². The second kappa shape index (κ2) is 5.03. The zero-order valence-electron chi connectivity index (χ0n) is 9.83. The molecule has 0 radical (unpaired) electrons. The summed E-state index contributed by atoms with van der Waals surface area (Å²) in [6.07, 6.45) is 0.0554. The number of carbonyl (C=O) groups excluding carboxylic acids is 1. The van der Waals surface area contributed by atoms with E-state index in [0.29, 0.717) is 12.2 Å². The lowest BCUT2D eigenvalue weighted by Gasteiger charge is -2.15. The highest BCUT2D eigenvalue weighted by molar-refractivity contribution is 5.86. The molecule has 98 valence electrons. The molecule has 1 aromatic rings. The van der Waals surface area contributed by atoms with E-state index in [4.69, 9.17) is 9.84 Å². The van der Waals surface area contributed by atoms with Crippen LogP contribution in [0.4, 0.5) is 0 Å². The molecule has 1 aliphatic rings. The molecule has 0 spiro atoms. The Kier molecular flexibility index (Phi) is 3.45. The minimum Gasteiger partial charge on any atom is -0.481 e. The van der Waals surface area contributed by atoms with E-state index in [1.807, 2.05) is 0 Å². The Hall–Kier alpha value is -2.12. The molecular weight excluding hydrogens is 242 g/mol. The molecule has 1 atom stereocenters. The van der Waals surface area contributed by atoms with Crippen molar-refractivity contribution < 1.29 is 24.1 Å². The van der Waals surface area contributed by atoms with Crippen molar-refractivity contribution in [3.05, 3.63) is 5.69 Å². The number of hydrogen-bond acceptors (Lipinski definition) is 6.